The number of methoxy groups -OCH3 is 1. The van der Waals surface area contributed by atoms with Crippen LogP contribution in [0.5, 0.6) is 11.5 Å². The average Bonchev–Trinajstić information content (AvgIpc) is 2.33. The predicted molar refractivity (Wildman–Crippen MR) is 64.8 cm³/mol. The van der Waals surface area contributed by atoms with E-state index >= 15 is 0 Å². The Labute approximate surface area is 95.1 Å². The summed E-state index contributed by atoms with van der Waals surface area (Å²) >= 11 is 0. The van der Waals surface area contributed by atoms with Crippen molar-refractivity contribution in [3.63, 3.8) is 0 Å². The summed E-state index contributed by atoms with van der Waals surface area (Å²) in [6, 6.07) is 13.4. The van der Waals surface area contributed by atoms with Crippen molar-refractivity contribution in [3.8, 4) is 22.6 Å². The molecule has 82 valence electrons. The summed E-state index contributed by atoms with van der Waals surface area (Å²) in [4.78, 5) is 0. The average molecular weight is 214 g/mol. The van der Waals surface area contributed by atoms with E-state index in [1.165, 1.54) is 0 Å². The lowest BCUT2D eigenvalue weighted by atomic mass is 10.0. The fourth-order valence-corrected chi connectivity index (χ4v) is 1.74. The molecule has 0 aliphatic rings. The van der Waals surface area contributed by atoms with Crippen LogP contribution < -0.4 is 4.74 Å². The van der Waals surface area contributed by atoms with Crippen LogP contribution in [0.4, 0.5) is 0 Å². The van der Waals surface area contributed by atoms with Gasteiger partial charge in [-0.05, 0) is 18.6 Å². The second-order valence-corrected chi connectivity index (χ2v) is 3.67. The fraction of sp³-hybridized carbons (Fsp3) is 0.143. The first-order valence-electron chi connectivity index (χ1n) is 5.16. The molecule has 0 saturated carbocycles. The molecule has 0 radical (unpaired) electrons. The van der Waals surface area contributed by atoms with Gasteiger partial charge in [-0.15, -0.1) is 0 Å². The van der Waals surface area contributed by atoms with E-state index in [1.807, 2.05) is 49.4 Å². The van der Waals surface area contributed by atoms with Gasteiger partial charge in [-0.3, -0.25) is 0 Å². The number of hydrogen-bond acceptors (Lipinski definition) is 2. The largest absolute Gasteiger partial charge is 0.507 e. The molecule has 0 atom stereocenters. The normalized spacial score (nSPS) is 10.1. The number of benzene rings is 2. The van der Waals surface area contributed by atoms with Gasteiger partial charge in [0.2, 0.25) is 0 Å². The van der Waals surface area contributed by atoms with Crippen molar-refractivity contribution < 1.29 is 9.84 Å². The Bertz CT molecular complexity index is 504. The van der Waals surface area contributed by atoms with Crippen LogP contribution in [0, 0.1) is 6.92 Å². The van der Waals surface area contributed by atoms with E-state index in [0.717, 1.165) is 22.4 Å². The van der Waals surface area contributed by atoms with Crippen LogP contribution in [-0.4, -0.2) is 12.2 Å². The molecular formula is C14H14O2. The van der Waals surface area contributed by atoms with Gasteiger partial charge in [0.15, 0.2) is 0 Å². The van der Waals surface area contributed by atoms with Gasteiger partial charge in [0.05, 0.1) is 7.11 Å². The van der Waals surface area contributed by atoms with E-state index in [0.29, 0.717) is 5.75 Å². The van der Waals surface area contributed by atoms with E-state index in [1.54, 1.807) is 7.11 Å². The lowest BCUT2D eigenvalue weighted by Gasteiger charge is -2.11. The minimum absolute atomic E-state index is 0.312. The third-order valence-electron chi connectivity index (χ3n) is 2.63. The highest BCUT2D eigenvalue weighted by molar-refractivity contribution is 5.76. The zero-order chi connectivity index (χ0) is 11.5. The second kappa shape index (κ2) is 4.27. The zero-order valence-corrected chi connectivity index (χ0v) is 9.40. The summed E-state index contributed by atoms with van der Waals surface area (Å²) in [6.07, 6.45) is 0. The molecule has 0 aromatic heterocycles. The molecule has 16 heavy (non-hydrogen) atoms. The minimum atomic E-state index is 0.312. The summed E-state index contributed by atoms with van der Waals surface area (Å²) < 4.78 is 5.28. The Morgan fingerprint density at radius 2 is 1.62 bits per heavy atom. The van der Waals surface area contributed by atoms with Gasteiger partial charge in [-0.25, -0.2) is 0 Å². The summed E-state index contributed by atoms with van der Waals surface area (Å²) in [5, 5.41) is 10.0. The van der Waals surface area contributed by atoms with E-state index in [-0.39, 0.29) is 0 Å². The Morgan fingerprint density at radius 3 is 2.38 bits per heavy atom. The van der Waals surface area contributed by atoms with Crippen molar-refractivity contribution in [2.75, 3.05) is 7.11 Å². The van der Waals surface area contributed by atoms with Crippen molar-refractivity contribution in [1.29, 1.82) is 0 Å². The highest BCUT2D eigenvalue weighted by atomic mass is 16.5. The Balaban J connectivity index is 2.63. The number of aryl methyl sites for hydroxylation is 1. The maximum absolute atomic E-state index is 10.0. The zero-order valence-electron chi connectivity index (χ0n) is 9.40. The van der Waals surface area contributed by atoms with E-state index in [9.17, 15) is 5.11 Å². The molecule has 0 amide bonds. The first kappa shape index (κ1) is 10.6. The molecule has 0 unspecified atom stereocenters. The van der Waals surface area contributed by atoms with Crippen LogP contribution >= 0.6 is 0 Å². The maximum atomic E-state index is 10.0. The highest BCUT2D eigenvalue weighted by Gasteiger charge is 2.10. The van der Waals surface area contributed by atoms with Gasteiger partial charge in [-0.2, -0.15) is 0 Å². The monoisotopic (exact) mass is 214 g/mol. The summed E-state index contributed by atoms with van der Waals surface area (Å²) in [6.45, 7) is 1.88. The minimum Gasteiger partial charge on any atom is -0.507 e. The van der Waals surface area contributed by atoms with Crippen molar-refractivity contribution >= 4 is 0 Å². The molecule has 2 rings (SSSR count). The number of para-hydroxylation sites is 2. The number of phenols is 1. The molecule has 0 bridgehead atoms. The molecule has 0 heterocycles. The molecule has 2 aromatic carbocycles. The number of rotatable bonds is 2. The van der Waals surface area contributed by atoms with Gasteiger partial charge in [0.25, 0.3) is 0 Å². The highest BCUT2D eigenvalue weighted by Crippen LogP contribution is 2.36. The molecular weight excluding hydrogens is 200 g/mol. The van der Waals surface area contributed by atoms with Gasteiger partial charge in [0.1, 0.15) is 11.5 Å². The number of ether oxygens (including phenoxy) is 1. The lowest BCUT2D eigenvalue weighted by Crippen LogP contribution is -1.88. The molecule has 1 N–H and O–H groups in total. The predicted octanol–water partition coefficient (Wildman–Crippen LogP) is 3.38. The molecule has 0 fully saturated rings. The molecule has 0 aliphatic carbocycles. The van der Waals surface area contributed by atoms with E-state index in [2.05, 4.69) is 0 Å². The Kier molecular flexibility index (Phi) is 2.82. The van der Waals surface area contributed by atoms with E-state index < -0.39 is 0 Å². The topological polar surface area (TPSA) is 29.5 Å². The quantitative estimate of drug-likeness (QED) is 0.830. The van der Waals surface area contributed by atoms with Crippen molar-refractivity contribution in [2.45, 2.75) is 6.92 Å². The van der Waals surface area contributed by atoms with Gasteiger partial charge in [0, 0.05) is 11.1 Å². The first-order chi connectivity index (χ1) is 7.74. The number of aromatic hydroxyl groups is 1. The van der Waals surface area contributed by atoms with Gasteiger partial charge in [-0.1, -0.05) is 36.4 Å². The van der Waals surface area contributed by atoms with Crippen molar-refractivity contribution in [3.05, 3.63) is 48.0 Å². The van der Waals surface area contributed by atoms with Crippen molar-refractivity contribution in [2.24, 2.45) is 0 Å². The molecule has 0 saturated heterocycles. The smallest absolute Gasteiger partial charge is 0.126 e. The SMILES string of the molecule is COc1ccccc1-c1cccc(C)c1O. The number of hydrogen-bond donors (Lipinski definition) is 1. The van der Waals surface area contributed by atoms with Crippen LogP contribution in [0.1, 0.15) is 5.56 Å². The Morgan fingerprint density at radius 1 is 0.938 bits per heavy atom. The number of phenolic OH excluding ortho intramolecular Hbond substituents is 1. The van der Waals surface area contributed by atoms with Crippen LogP contribution in [0.3, 0.4) is 0 Å². The van der Waals surface area contributed by atoms with Gasteiger partial charge >= 0.3 is 0 Å². The first-order valence-corrected chi connectivity index (χ1v) is 5.16. The third kappa shape index (κ3) is 1.74. The van der Waals surface area contributed by atoms with Crippen LogP contribution in [0.15, 0.2) is 42.5 Å². The van der Waals surface area contributed by atoms with Crippen LogP contribution in [-0.2, 0) is 0 Å². The lowest BCUT2D eigenvalue weighted by molar-refractivity contribution is 0.415. The fourth-order valence-electron chi connectivity index (χ4n) is 1.74. The Hall–Kier alpha value is -1.96. The summed E-state index contributed by atoms with van der Waals surface area (Å²) in [5.74, 6) is 1.08. The van der Waals surface area contributed by atoms with Gasteiger partial charge < -0.3 is 9.84 Å². The molecule has 0 spiro atoms. The molecule has 2 aromatic rings. The molecule has 0 aliphatic heterocycles. The maximum Gasteiger partial charge on any atom is 0.126 e. The summed E-state index contributed by atoms with van der Waals surface area (Å²) in [7, 11) is 1.63. The molecule has 2 nitrogen and oxygen atoms in total. The standard InChI is InChI=1S/C14H14O2/c1-10-6-5-8-12(14(10)15)11-7-3-4-9-13(11)16-2/h3-9,15H,1-2H3. The second-order valence-electron chi connectivity index (χ2n) is 3.67. The third-order valence-corrected chi connectivity index (χ3v) is 2.63. The summed E-state index contributed by atoms with van der Waals surface area (Å²) in [5.41, 5.74) is 2.58. The molecule has 2 heteroatoms. The van der Waals surface area contributed by atoms with Crippen LogP contribution in [0.2, 0.25) is 0 Å². The van der Waals surface area contributed by atoms with Crippen LogP contribution in [0.25, 0.3) is 11.1 Å². The van der Waals surface area contributed by atoms with Crippen molar-refractivity contribution in [1.82, 2.24) is 0 Å². The van der Waals surface area contributed by atoms with E-state index in [4.69, 9.17) is 4.74 Å².